The topological polar surface area (TPSA) is 58.6 Å². The lowest BCUT2D eigenvalue weighted by molar-refractivity contribution is -0.138. The lowest BCUT2D eigenvalue weighted by atomic mass is 9.99. The van der Waals surface area contributed by atoms with Crippen molar-refractivity contribution in [3.8, 4) is 5.75 Å². The second kappa shape index (κ2) is 6.52. The van der Waals surface area contributed by atoms with E-state index in [4.69, 9.17) is 4.74 Å². The SMILES string of the molecule is CCCC(C)(O)C(=O)NCc1cc(F)cc(OC)c1. The molecule has 0 saturated heterocycles. The monoisotopic (exact) mass is 269 g/mol. The number of rotatable bonds is 6. The van der Waals surface area contributed by atoms with Gasteiger partial charge in [-0.3, -0.25) is 4.79 Å². The molecule has 1 rings (SSSR count). The summed E-state index contributed by atoms with van der Waals surface area (Å²) in [5.74, 6) is -0.494. The summed E-state index contributed by atoms with van der Waals surface area (Å²) in [7, 11) is 1.45. The number of carbonyl (C=O) groups excluding carboxylic acids is 1. The van der Waals surface area contributed by atoms with Gasteiger partial charge in [0.25, 0.3) is 5.91 Å². The molecule has 1 aromatic carbocycles. The Morgan fingerprint density at radius 2 is 2.16 bits per heavy atom. The molecule has 1 amide bonds. The van der Waals surface area contributed by atoms with Crippen molar-refractivity contribution >= 4 is 5.91 Å². The minimum atomic E-state index is -1.40. The fraction of sp³-hybridized carbons (Fsp3) is 0.500. The Balaban J connectivity index is 2.66. The molecule has 1 atom stereocenters. The summed E-state index contributed by atoms with van der Waals surface area (Å²) in [6.07, 6.45) is 1.08. The number of hydrogen-bond donors (Lipinski definition) is 2. The lowest BCUT2D eigenvalue weighted by Gasteiger charge is -2.21. The van der Waals surface area contributed by atoms with Gasteiger partial charge in [-0.2, -0.15) is 0 Å². The highest BCUT2D eigenvalue weighted by molar-refractivity contribution is 5.84. The van der Waals surface area contributed by atoms with Crippen LogP contribution in [0.1, 0.15) is 32.3 Å². The molecule has 0 fully saturated rings. The van der Waals surface area contributed by atoms with E-state index in [1.807, 2.05) is 6.92 Å². The first kappa shape index (κ1) is 15.4. The van der Waals surface area contributed by atoms with E-state index in [0.29, 0.717) is 24.2 Å². The maximum atomic E-state index is 13.3. The summed E-state index contributed by atoms with van der Waals surface area (Å²) in [6, 6.07) is 4.22. The third kappa shape index (κ3) is 4.52. The molecule has 0 bridgehead atoms. The van der Waals surface area contributed by atoms with Crippen molar-refractivity contribution < 1.29 is 19.0 Å². The molecule has 2 N–H and O–H groups in total. The average molecular weight is 269 g/mol. The van der Waals surface area contributed by atoms with Crippen LogP contribution in [-0.4, -0.2) is 23.7 Å². The average Bonchev–Trinajstić information content (AvgIpc) is 2.35. The minimum absolute atomic E-state index is 0.146. The number of aliphatic hydroxyl groups is 1. The molecule has 0 aliphatic heterocycles. The van der Waals surface area contributed by atoms with E-state index in [0.717, 1.165) is 0 Å². The van der Waals surface area contributed by atoms with Crippen LogP contribution in [0.3, 0.4) is 0 Å². The molecular formula is C14H20FNO3. The van der Waals surface area contributed by atoms with E-state index in [1.165, 1.54) is 26.2 Å². The number of methoxy groups -OCH3 is 1. The van der Waals surface area contributed by atoms with E-state index < -0.39 is 17.3 Å². The third-order valence-corrected chi connectivity index (χ3v) is 2.85. The molecule has 0 radical (unpaired) electrons. The van der Waals surface area contributed by atoms with Crippen LogP contribution in [0.2, 0.25) is 0 Å². The Kier molecular flexibility index (Phi) is 5.30. The molecule has 106 valence electrons. The van der Waals surface area contributed by atoms with Crippen LogP contribution in [0.4, 0.5) is 4.39 Å². The van der Waals surface area contributed by atoms with Gasteiger partial charge in [-0.25, -0.2) is 4.39 Å². The van der Waals surface area contributed by atoms with Gasteiger partial charge >= 0.3 is 0 Å². The number of amides is 1. The number of carbonyl (C=O) groups is 1. The smallest absolute Gasteiger partial charge is 0.251 e. The number of ether oxygens (including phenoxy) is 1. The van der Waals surface area contributed by atoms with E-state index >= 15 is 0 Å². The Morgan fingerprint density at radius 3 is 2.74 bits per heavy atom. The standard InChI is InChI=1S/C14H20FNO3/c1-4-5-14(2,18)13(17)16-9-10-6-11(15)8-12(7-10)19-3/h6-8,18H,4-5,9H2,1-3H3,(H,16,17). The van der Waals surface area contributed by atoms with Gasteiger partial charge in [-0.1, -0.05) is 13.3 Å². The van der Waals surface area contributed by atoms with Crippen LogP contribution in [0.25, 0.3) is 0 Å². The Morgan fingerprint density at radius 1 is 1.47 bits per heavy atom. The van der Waals surface area contributed by atoms with E-state index in [2.05, 4.69) is 5.32 Å². The molecule has 0 aliphatic carbocycles. The zero-order chi connectivity index (χ0) is 14.5. The van der Waals surface area contributed by atoms with Crippen LogP contribution in [0, 0.1) is 5.82 Å². The highest BCUT2D eigenvalue weighted by Gasteiger charge is 2.28. The van der Waals surface area contributed by atoms with Crippen molar-refractivity contribution in [3.05, 3.63) is 29.6 Å². The summed E-state index contributed by atoms with van der Waals surface area (Å²) in [6.45, 7) is 3.50. The molecule has 0 spiro atoms. The van der Waals surface area contributed by atoms with Gasteiger partial charge in [0.1, 0.15) is 17.2 Å². The summed E-state index contributed by atoms with van der Waals surface area (Å²) in [5, 5.41) is 12.5. The maximum Gasteiger partial charge on any atom is 0.251 e. The number of halogens is 1. The first-order chi connectivity index (χ1) is 8.89. The van der Waals surface area contributed by atoms with Crippen molar-refractivity contribution in [2.24, 2.45) is 0 Å². The molecule has 0 aliphatic rings. The van der Waals surface area contributed by atoms with Gasteiger partial charge in [-0.15, -0.1) is 0 Å². The van der Waals surface area contributed by atoms with Crippen LogP contribution < -0.4 is 10.1 Å². The summed E-state index contributed by atoms with van der Waals surface area (Å²) in [4.78, 5) is 11.8. The van der Waals surface area contributed by atoms with E-state index in [1.54, 1.807) is 6.07 Å². The van der Waals surface area contributed by atoms with Crippen LogP contribution in [0.15, 0.2) is 18.2 Å². The lowest BCUT2D eigenvalue weighted by Crippen LogP contribution is -2.44. The zero-order valence-electron chi connectivity index (χ0n) is 11.5. The Labute approximate surface area is 112 Å². The van der Waals surface area contributed by atoms with Gasteiger partial charge < -0.3 is 15.2 Å². The second-order valence-electron chi connectivity index (χ2n) is 4.71. The number of hydrogen-bond acceptors (Lipinski definition) is 3. The zero-order valence-corrected chi connectivity index (χ0v) is 11.5. The summed E-state index contributed by atoms with van der Waals surface area (Å²) < 4.78 is 18.2. The van der Waals surface area contributed by atoms with Gasteiger partial charge in [0.2, 0.25) is 0 Å². The van der Waals surface area contributed by atoms with Gasteiger partial charge in [-0.05, 0) is 31.0 Å². The largest absolute Gasteiger partial charge is 0.497 e. The van der Waals surface area contributed by atoms with Gasteiger partial charge in [0, 0.05) is 12.6 Å². The molecule has 1 unspecified atom stereocenters. The summed E-state index contributed by atoms with van der Waals surface area (Å²) >= 11 is 0. The summed E-state index contributed by atoms with van der Waals surface area (Å²) in [5.41, 5.74) is -0.816. The first-order valence-corrected chi connectivity index (χ1v) is 6.23. The molecule has 0 saturated carbocycles. The molecule has 19 heavy (non-hydrogen) atoms. The van der Waals surface area contributed by atoms with Crippen LogP contribution >= 0.6 is 0 Å². The predicted molar refractivity (Wildman–Crippen MR) is 70.3 cm³/mol. The van der Waals surface area contributed by atoms with Crippen molar-refractivity contribution in [2.75, 3.05) is 7.11 Å². The molecule has 4 nitrogen and oxygen atoms in total. The van der Waals surface area contributed by atoms with Crippen molar-refractivity contribution in [1.29, 1.82) is 0 Å². The molecule has 0 heterocycles. The fourth-order valence-electron chi connectivity index (χ4n) is 1.81. The normalized spacial score (nSPS) is 13.7. The van der Waals surface area contributed by atoms with Crippen molar-refractivity contribution in [2.45, 2.75) is 38.8 Å². The minimum Gasteiger partial charge on any atom is -0.497 e. The van der Waals surface area contributed by atoms with Crippen molar-refractivity contribution in [3.63, 3.8) is 0 Å². The Bertz CT molecular complexity index is 446. The molecule has 1 aromatic rings. The highest BCUT2D eigenvalue weighted by Crippen LogP contribution is 2.16. The Hall–Kier alpha value is -1.62. The number of nitrogens with one attached hydrogen (secondary N) is 1. The molecule has 5 heteroatoms. The quantitative estimate of drug-likeness (QED) is 0.830. The van der Waals surface area contributed by atoms with Crippen LogP contribution in [0.5, 0.6) is 5.75 Å². The molecule has 0 aromatic heterocycles. The van der Waals surface area contributed by atoms with E-state index in [9.17, 15) is 14.3 Å². The van der Waals surface area contributed by atoms with Gasteiger partial charge in [0.05, 0.1) is 7.11 Å². The van der Waals surface area contributed by atoms with Crippen molar-refractivity contribution in [1.82, 2.24) is 5.32 Å². The fourth-order valence-corrected chi connectivity index (χ4v) is 1.81. The van der Waals surface area contributed by atoms with E-state index in [-0.39, 0.29) is 6.54 Å². The molecular weight excluding hydrogens is 249 g/mol. The maximum absolute atomic E-state index is 13.3. The highest BCUT2D eigenvalue weighted by atomic mass is 19.1. The number of benzene rings is 1. The van der Waals surface area contributed by atoms with Gasteiger partial charge in [0.15, 0.2) is 0 Å². The third-order valence-electron chi connectivity index (χ3n) is 2.85. The first-order valence-electron chi connectivity index (χ1n) is 6.23. The van der Waals surface area contributed by atoms with Crippen LogP contribution in [-0.2, 0) is 11.3 Å². The second-order valence-corrected chi connectivity index (χ2v) is 4.71. The predicted octanol–water partition coefficient (Wildman–Crippen LogP) is 2.00.